The van der Waals surface area contributed by atoms with E-state index in [2.05, 4.69) is 39.7 Å². The lowest BCUT2D eigenvalue weighted by molar-refractivity contribution is 0.628. The average Bonchev–Trinajstić information content (AvgIpc) is 3.33. The van der Waals surface area contributed by atoms with E-state index < -0.39 is 0 Å². The van der Waals surface area contributed by atoms with Crippen LogP contribution in [0, 0.1) is 12.7 Å². The summed E-state index contributed by atoms with van der Waals surface area (Å²) in [6.07, 6.45) is 1.90. The third kappa shape index (κ3) is 3.97. The Balaban J connectivity index is 1.29. The third-order valence-electron chi connectivity index (χ3n) is 5.42. The van der Waals surface area contributed by atoms with Crippen LogP contribution in [0.25, 0.3) is 16.2 Å². The summed E-state index contributed by atoms with van der Waals surface area (Å²) in [5.74, 6) is 1.97. The van der Waals surface area contributed by atoms with Gasteiger partial charge in [-0.1, -0.05) is 25.2 Å². The smallest absolute Gasteiger partial charge is 0.214 e. The minimum atomic E-state index is -0.248. The monoisotopic (exact) mass is 437 g/mol. The van der Waals surface area contributed by atoms with Crippen molar-refractivity contribution in [1.29, 1.82) is 0 Å². The van der Waals surface area contributed by atoms with Crippen molar-refractivity contribution in [2.45, 2.75) is 26.7 Å². The van der Waals surface area contributed by atoms with Crippen LogP contribution in [0.2, 0.25) is 0 Å². The van der Waals surface area contributed by atoms with E-state index >= 15 is 0 Å². The molecule has 9 heteroatoms. The molecule has 0 amide bonds. The Labute approximate surface area is 184 Å². The van der Waals surface area contributed by atoms with Crippen LogP contribution in [0.4, 0.5) is 15.3 Å². The van der Waals surface area contributed by atoms with E-state index in [4.69, 9.17) is 10.1 Å². The zero-order valence-electron chi connectivity index (χ0n) is 17.8. The fraction of sp³-hybridized carbons (Fsp3) is 0.364. The molecule has 0 bridgehead atoms. The van der Waals surface area contributed by atoms with Crippen molar-refractivity contribution in [3.05, 3.63) is 53.9 Å². The van der Waals surface area contributed by atoms with Crippen LogP contribution < -0.4 is 9.80 Å². The number of benzene rings is 1. The molecule has 31 heavy (non-hydrogen) atoms. The minimum Gasteiger partial charge on any atom is -0.353 e. The summed E-state index contributed by atoms with van der Waals surface area (Å²) in [6.45, 7) is 9.79. The van der Waals surface area contributed by atoms with Crippen molar-refractivity contribution in [3.63, 3.8) is 0 Å². The Bertz CT molecular complexity index is 1180. The molecule has 160 valence electrons. The summed E-state index contributed by atoms with van der Waals surface area (Å²) in [5.41, 5.74) is 2.69. The van der Waals surface area contributed by atoms with E-state index in [1.165, 1.54) is 12.1 Å². The van der Waals surface area contributed by atoms with Gasteiger partial charge in [0.2, 0.25) is 10.1 Å². The topological polar surface area (TPSA) is 62.5 Å². The lowest BCUT2D eigenvalue weighted by Gasteiger charge is -2.35. The summed E-state index contributed by atoms with van der Waals surface area (Å²) in [4.78, 5) is 19.5. The number of aromatic nitrogens is 5. The van der Waals surface area contributed by atoms with Crippen molar-refractivity contribution in [2.24, 2.45) is 0 Å². The fourth-order valence-corrected chi connectivity index (χ4v) is 4.63. The fourth-order valence-electron chi connectivity index (χ4n) is 3.70. The Hall–Kier alpha value is -3.07. The zero-order valence-corrected chi connectivity index (χ0v) is 18.6. The molecular formula is C22H24FN7S. The molecule has 1 saturated heterocycles. The molecule has 0 spiro atoms. The third-order valence-corrected chi connectivity index (χ3v) is 6.40. The van der Waals surface area contributed by atoms with Gasteiger partial charge < -0.3 is 9.80 Å². The second-order valence-corrected chi connectivity index (χ2v) is 9.03. The van der Waals surface area contributed by atoms with Crippen LogP contribution in [-0.2, 0) is 0 Å². The molecule has 0 N–H and O–H groups in total. The Kier molecular flexibility index (Phi) is 5.05. The lowest BCUT2D eigenvalue weighted by atomic mass is 10.2. The SMILES string of the molecule is Cc1cc(N2CCN(c3nn4cc(-c5ccc(F)cc5)nc4s3)CC2)nc(C(C)C)n1. The van der Waals surface area contributed by atoms with E-state index in [9.17, 15) is 4.39 Å². The van der Waals surface area contributed by atoms with Gasteiger partial charge in [-0.05, 0) is 31.2 Å². The predicted octanol–water partition coefficient (Wildman–Crippen LogP) is 4.15. The zero-order chi connectivity index (χ0) is 21.5. The predicted molar refractivity (Wildman–Crippen MR) is 122 cm³/mol. The molecule has 4 heterocycles. The molecule has 1 fully saturated rings. The van der Waals surface area contributed by atoms with E-state index in [1.54, 1.807) is 23.5 Å². The largest absolute Gasteiger partial charge is 0.353 e. The second-order valence-electron chi connectivity index (χ2n) is 8.10. The van der Waals surface area contributed by atoms with Gasteiger partial charge in [-0.15, -0.1) is 5.10 Å². The molecule has 4 aromatic rings. The summed E-state index contributed by atoms with van der Waals surface area (Å²) < 4.78 is 15.0. The quantitative estimate of drug-likeness (QED) is 0.478. The van der Waals surface area contributed by atoms with Crippen LogP contribution in [0.3, 0.4) is 0 Å². The normalized spacial score (nSPS) is 14.7. The molecule has 1 aliphatic rings. The number of piperazine rings is 1. The summed E-state index contributed by atoms with van der Waals surface area (Å²) in [7, 11) is 0. The van der Waals surface area contributed by atoms with Crippen LogP contribution in [0.15, 0.2) is 36.5 Å². The van der Waals surface area contributed by atoms with E-state index in [0.717, 1.165) is 64.9 Å². The van der Waals surface area contributed by atoms with Gasteiger partial charge in [-0.2, -0.15) is 0 Å². The number of rotatable bonds is 4. The molecule has 3 aromatic heterocycles. The maximum atomic E-state index is 13.2. The highest BCUT2D eigenvalue weighted by Crippen LogP contribution is 2.28. The number of hydrogen-bond donors (Lipinski definition) is 0. The summed E-state index contributed by atoms with van der Waals surface area (Å²) >= 11 is 1.58. The Morgan fingerprint density at radius 3 is 2.35 bits per heavy atom. The Morgan fingerprint density at radius 2 is 1.68 bits per heavy atom. The van der Waals surface area contributed by atoms with Gasteiger partial charge >= 0.3 is 0 Å². The molecule has 0 unspecified atom stereocenters. The number of hydrogen-bond acceptors (Lipinski definition) is 7. The van der Waals surface area contributed by atoms with Crippen LogP contribution in [0.5, 0.6) is 0 Å². The number of anilines is 2. The number of halogens is 1. The van der Waals surface area contributed by atoms with Gasteiger partial charge in [0, 0.05) is 49.4 Å². The molecule has 5 rings (SSSR count). The van der Waals surface area contributed by atoms with Gasteiger partial charge in [0.1, 0.15) is 17.5 Å². The van der Waals surface area contributed by atoms with Gasteiger partial charge in [0.25, 0.3) is 0 Å². The lowest BCUT2D eigenvalue weighted by Crippen LogP contribution is -2.47. The van der Waals surface area contributed by atoms with Gasteiger partial charge in [-0.25, -0.2) is 23.9 Å². The summed E-state index contributed by atoms with van der Waals surface area (Å²) in [5, 5.41) is 5.70. The van der Waals surface area contributed by atoms with Gasteiger partial charge in [0.05, 0.1) is 11.9 Å². The van der Waals surface area contributed by atoms with Crippen LogP contribution >= 0.6 is 11.3 Å². The number of imidazole rings is 1. The van der Waals surface area contributed by atoms with Crippen molar-refractivity contribution in [3.8, 4) is 11.3 Å². The first kappa shape index (κ1) is 19.9. The molecule has 0 radical (unpaired) electrons. The number of nitrogens with zero attached hydrogens (tertiary/aromatic N) is 7. The first-order valence-corrected chi connectivity index (χ1v) is 11.3. The van der Waals surface area contributed by atoms with Gasteiger partial charge in [0.15, 0.2) is 0 Å². The molecule has 1 aliphatic heterocycles. The highest BCUT2D eigenvalue weighted by atomic mass is 32.1. The first-order valence-electron chi connectivity index (χ1n) is 10.4. The molecule has 7 nitrogen and oxygen atoms in total. The maximum absolute atomic E-state index is 13.2. The molecular weight excluding hydrogens is 413 g/mol. The van der Waals surface area contributed by atoms with Crippen molar-refractivity contribution >= 4 is 27.2 Å². The van der Waals surface area contributed by atoms with E-state index in [-0.39, 0.29) is 5.82 Å². The molecule has 1 aromatic carbocycles. The van der Waals surface area contributed by atoms with E-state index in [0.29, 0.717) is 5.92 Å². The standard InChI is InChI=1S/C22H24FN7S/c1-14(2)20-24-15(3)12-19(26-20)28-8-10-29(11-9-28)22-27-30-13-18(25-21(30)31-22)16-4-6-17(23)7-5-16/h4-7,12-14H,8-11H2,1-3H3. The van der Waals surface area contributed by atoms with E-state index in [1.807, 2.05) is 17.6 Å². The minimum absolute atomic E-state index is 0.248. The van der Waals surface area contributed by atoms with Crippen molar-refractivity contribution < 1.29 is 4.39 Å². The van der Waals surface area contributed by atoms with Crippen LogP contribution in [-0.4, -0.2) is 50.7 Å². The average molecular weight is 438 g/mol. The highest BCUT2D eigenvalue weighted by Gasteiger charge is 2.22. The molecule has 0 aliphatic carbocycles. The number of fused-ring (bicyclic) bond motifs is 1. The molecule has 0 atom stereocenters. The molecule has 0 saturated carbocycles. The Morgan fingerprint density at radius 1 is 0.968 bits per heavy atom. The van der Waals surface area contributed by atoms with Gasteiger partial charge in [-0.3, -0.25) is 0 Å². The van der Waals surface area contributed by atoms with Crippen molar-refractivity contribution in [2.75, 3.05) is 36.0 Å². The maximum Gasteiger partial charge on any atom is 0.214 e. The second kappa shape index (κ2) is 7.88. The highest BCUT2D eigenvalue weighted by molar-refractivity contribution is 7.20. The number of aryl methyl sites for hydroxylation is 1. The van der Waals surface area contributed by atoms with Crippen LogP contribution in [0.1, 0.15) is 31.3 Å². The first-order chi connectivity index (χ1) is 15.0. The summed E-state index contributed by atoms with van der Waals surface area (Å²) in [6, 6.07) is 8.44. The van der Waals surface area contributed by atoms with Crippen molar-refractivity contribution in [1.82, 2.24) is 24.6 Å².